The zero-order valence-corrected chi connectivity index (χ0v) is 21.4. The van der Waals surface area contributed by atoms with Gasteiger partial charge in [-0.15, -0.1) is 0 Å². The van der Waals surface area contributed by atoms with E-state index in [0.717, 1.165) is 48.4 Å². The second-order valence-electron chi connectivity index (χ2n) is 11.1. The van der Waals surface area contributed by atoms with Crippen molar-refractivity contribution in [2.24, 2.45) is 16.9 Å². The molecule has 9 heteroatoms. The van der Waals surface area contributed by atoms with Crippen molar-refractivity contribution in [1.82, 2.24) is 20.2 Å². The number of amides is 2. The molecule has 0 radical (unpaired) electrons. The fraction of sp³-hybridized carbons (Fsp3) is 0.429. The van der Waals surface area contributed by atoms with Gasteiger partial charge in [-0.25, -0.2) is 15.2 Å². The second kappa shape index (κ2) is 8.99. The molecule has 2 unspecified atom stereocenters. The number of hydrogen-bond acceptors (Lipinski definition) is 7. The molecule has 2 aliphatic heterocycles. The molecule has 3 aliphatic rings. The van der Waals surface area contributed by atoms with Crippen molar-refractivity contribution < 1.29 is 18.7 Å². The molecule has 2 atom stereocenters. The first-order valence-corrected chi connectivity index (χ1v) is 12.8. The molecular weight excluding hydrogens is 470 g/mol. The van der Waals surface area contributed by atoms with Crippen LogP contribution in [0.25, 0.3) is 22.6 Å². The van der Waals surface area contributed by atoms with Crippen molar-refractivity contribution in [3.8, 4) is 11.5 Å². The van der Waals surface area contributed by atoms with Gasteiger partial charge in [-0.1, -0.05) is 18.2 Å². The Labute approximate surface area is 215 Å². The largest absolute Gasteiger partial charge is 0.444 e. The number of hydrazone groups is 1. The summed E-state index contributed by atoms with van der Waals surface area (Å²) in [6.45, 7) is 9.44. The zero-order chi connectivity index (χ0) is 25.7. The van der Waals surface area contributed by atoms with Gasteiger partial charge in [0.2, 0.25) is 11.8 Å². The Balaban J connectivity index is 1.09. The van der Waals surface area contributed by atoms with Gasteiger partial charge in [0.15, 0.2) is 5.58 Å². The number of oxazole rings is 1. The van der Waals surface area contributed by atoms with E-state index < -0.39 is 5.60 Å². The number of carbonyl (C=O) groups is 2. The highest BCUT2D eigenvalue weighted by molar-refractivity contribution is 6.10. The normalized spacial score (nSPS) is 21.9. The lowest BCUT2D eigenvalue weighted by atomic mass is 10.0. The Kier molecular flexibility index (Phi) is 5.75. The van der Waals surface area contributed by atoms with E-state index in [1.54, 1.807) is 4.90 Å². The average Bonchev–Trinajstić information content (AvgIpc) is 3.56. The van der Waals surface area contributed by atoms with Crippen LogP contribution in [0, 0.1) is 11.8 Å². The quantitative estimate of drug-likeness (QED) is 0.580. The molecule has 37 heavy (non-hydrogen) atoms. The van der Waals surface area contributed by atoms with Crippen LogP contribution in [-0.4, -0.2) is 64.3 Å². The Hall–Kier alpha value is -3.72. The van der Waals surface area contributed by atoms with Crippen LogP contribution < -0.4 is 5.43 Å². The Morgan fingerprint density at radius 2 is 1.78 bits per heavy atom. The maximum Gasteiger partial charge on any atom is 0.410 e. The third-order valence-electron chi connectivity index (χ3n) is 7.08. The number of nitrogens with one attached hydrogen (secondary N) is 1. The number of carbonyl (C=O) groups excluding carboxylic acids is 2. The Morgan fingerprint density at radius 3 is 2.51 bits per heavy atom. The van der Waals surface area contributed by atoms with E-state index in [0.29, 0.717) is 24.6 Å². The second-order valence-corrected chi connectivity index (χ2v) is 11.1. The highest BCUT2D eigenvalue weighted by atomic mass is 16.6. The molecule has 1 aromatic heterocycles. The molecule has 3 aromatic rings. The summed E-state index contributed by atoms with van der Waals surface area (Å²) in [5, 5.41) is 4.28. The minimum absolute atomic E-state index is 0.0169. The number of nitrogens with zero attached hydrogens (tertiary/aromatic N) is 4. The first-order valence-electron chi connectivity index (χ1n) is 12.8. The lowest BCUT2D eigenvalue weighted by molar-refractivity contribution is -0.122. The zero-order valence-electron chi connectivity index (χ0n) is 21.4. The predicted molar refractivity (Wildman–Crippen MR) is 139 cm³/mol. The number of benzene rings is 2. The van der Waals surface area contributed by atoms with Crippen molar-refractivity contribution in [3.05, 3.63) is 53.6 Å². The van der Waals surface area contributed by atoms with Crippen LogP contribution >= 0.6 is 0 Å². The Bertz CT molecular complexity index is 1380. The molecule has 2 amide bonds. The third-order valence-corrected chi connectivity index (χ3v) is 7.08. The van der Waals surface area contributed by atoms with Gasteiger partial charge in [0.1, 0.15) is 11.1 Å². The molecule has 3 heterocycles. The van der Waals surface area contributed by atoms with E-state index in [-0.39, 0.29) is 23.8 Å². The van der Waals surface area contributed by atoms with Crippen LogP contribution in [0.1, 0.15) is 38.3 Å². The molecule has 0 bridgehead atoms. The van der Waals surface area contributed by atoms with E-state index in [1.165, 1.54) is 5.56 Å². The lowest BCUT2D eigenvalue weighted by Crippen LogP contribution is -2.49. The number of fused-ring (bicyclic) bond motifs is 2. The molecule has 9 nitrogen and oxygen atoms in total. The number of hydrogen-bond donors (Lipinski definition) is 1. The third kappa shape index (κ3) is 4.96. The van der Waals surface area contributed by atoms with Crippen LogP contribution in [0.4, 0.5) is 4.79 Å². The molecule has 1 N–H and O–H groups in total. The first-order chi connectivity index (χ1) is 17.7. The molecular formula is C28H31N5O4. The predicted octanol–water partition coefficient (Wildman–Crippen LogP) is 4.02. The van der Waals surface area contributed by atoms with Crippen LogP contribution in [0.3, 0.4) is 0 Å². The van der Waals surface area contributed by atoms with Crippen LogP contribution in [0.5, 0.6) is 0 Å². The molecule has 2 fully saturated rings. The van der Waals surface area contributed by atoms with E-state index >= 15 is 0 Å². The van der Waals surface area contributed by atoms with Gasteiger partial charge < -0.3 is 14.1 Å². The van der Waals surface area contributed by atoms with Gasteiger partial charge >= 0.3 is 6.09 Å². The maximum atomic E-state index is 12.3. The van der Waals surface area contributed by atoms with E-state index in [2.05, 4.69) is 32.5 Å². The summed E-state index contributed by atoms with van der Waals surface area (Å²) in [5.74, 6) is 0.860. The smallest absolute Gasteiger partial charge is 0.410 e. The summed E-state index contributed by atoms with van der Waals surface area (Å²) in [4.78, 5) is 32.8. The minimum atomic E-state index is -0.476. The van der Waals surface area contributed by atoms with Crippen LogP contribution in [0.2, 0.25) is 0 Å². The summed E-state index contributed by atoms with van der Waals surface area (Å²) < 4.78 is 11.6. The van der Waals surface area contributed by atoms with Gasteiger partial charge in [0.05, 0.1) is 5.71 Å². The van der Waals surface area contributed by atoms with Crippen LogP contribution in [0.15, 0.2) is 52.0 Å². The van der Waals surface area contributed by atoms with Crippen molar-refractivity contribution >= 4 is 28.8 Å². The highest BCUT2D eigenvalue weighted by Crippen LogP contribution is 2.43. The molecule has 192 valence electrons. The van der Waals surface area contributed by atoms with Gasteiger partial charge in [0.25, 0.3) is 0 Å². The monoisotopic (exact) mass is 501 g/mol. The fourth-order valence-electron chi connectivity index (χ4n) is 4.98. The molecule has 6 rings (SSSR count). The SMILES string of the molecule is CC(C)(C)OC(=O)N1CCN(Cc2ccc(-c3nc4ccc(C5=NNC(=O)C6CC56)cc4o3)cc2)CC1. The Morgan fingerprint density at radius 1 is 1.05 bits per heavy atom. The number of rotatable bonds is 4. The average molecular weight is 502 g/mol. The molecule has 2 aromatic carbocycles. The van der Waals surface area contributed by atoms with E-state index in [9.17, 15) is 9.59 Å². The molecule has 1 saturated heterocycles. The fourth-order valence-corrected chi connectivity index (χ4v) is 4.98. The van der Waals surface area contributed by atoms with E-state index in [4.69, 9.17) is 9.15 Å². The molecule has 0 spiro atoms. The summed E-state index contributed by atoms with van der Waals surface area (Å²) in [6.07, 6.45) is 0.619. The lowest BCUT2D eigenvalue weighted by Gasteiger charge is -2.35. The number of piperazine rings is 1. The maximum absolute atomic E-state index is 12.3. The number of ether oxygens (including phenoxy) is 1. The summed E-state index contributed by atoms with van der Waals surface area (Å²) in [7, 11) is 0. The topological polar surface area (TPSA) is 100 Å². The summed E-state index contributed by atoms with van der Waals surface area (Å²) in [6, 6.07) is 14.2. The minimum Gasteiger partial charge on any atom is -0.444 e. The van der Waals surface area contributed by atoms with Crippen molar-refractivity contribution in [1.29, 1.82) is 0 Å². The van der Waals surface area contributed by atoms with Crippen LogP contribution in [-0.2, 0) is 16.1 Å². The van der Waals surface area contributed by atoms with Gasteiger partial charge in [-0.3, -0.25) is 9.69 Å². The molecule has 1 saturated carbocycles. The summed E-state index contributed by atoms with van der Waals surface area (Å²) >= 11 is 0. The van der Waals surface area contributed by atoms with Gasteiger partial charge in [-0.05, 0) is 57.0 Å². The van der Waals surface area contributed by atoms with Gasteiger partial charge in [0, 0.05) is 55.7 Å². The van der Waals surface area contributed by atoms with Crippen molar-refractivity contribution in [3.63, 3.8) is 0 Å². The highest BCUT2D eigenvalue weighted by Gasteiger charge is 2.49. The standard InChI is InChI=1S/C28H31N5O4/c1-28(2,3)37-27(35)33-12-10-32(11-13-33)16-17-4-6-18(7-5-17)26-29-22-9-8-19(14-23(22)36-26)24-20-15-21(20)25(34)31-30-24/h4-9,14,20-21H,10-13,15-16H2,1-3H3,(H,31,34). The first kappa shape index (κ1) is 23.7. The molecule has 1 aliphatic carbocycles. The van der Waals surface area contributed by atoms with E-state index in [1.807, 2.05) is 51.1 Å². The van der Waals surface area contributed by atoms with Crippen molar-refractivity contribution in [2.75, 3.05) is 26.2 Å². The summed E-state index contributed by atoms with van der Waals surface area (Å²) in [5.41, 5.74) is 7.64. The van der Waals surface area contributed by atoms with Gasteiger partial charge in [-0.2, -0.15) is 5.10 Å². The number of aromatic nitrogens is 1. The van der Waals surface area contributed by atoms with Crippen molar-refractivity contribution in [2.45, 2.75) is 39.3 Å².